The Kier molecular flexibility index (Phi) is 4.63. The van der Waals surface area contributed by atoms with Crippen LogP contribution in [0.15, 0.2) is 12.1 Å². The summed E-state index contributed by atoms with van der Waals surface area (Å²) in [5.41, 5.74) is 7.96. The van der Waals surface area contributed by atoms with Crippen LogP contribution in [-0.4, -0.2) is 11.7 Å². The van der Waals surface area contributed by atoms with Crippen LogP contribution in [0.1, 0.15) is 32.3 Å². The van der Waals surface area contributed by atoms with E-state index in [9.17, 15) is 5.11 Å². The Morgan fingerprint density at radius 2 is 1.94 bits per heavy atom. The average Bonchev–Trinajstić information content (AvgIpc) is 3.12. The largest absolute Gasteiger partial charge is 0.508 e. The minimum atomic E-state index is 0.219. The normalized spacial score (nSPS) is 13.9. The second-order valence-electron chi connectivity index (χ2n) is 4.24. The van der Waals surface area contributed by atoms with Gasteiger partial charge in [0.05, 0.1) is 11.4 Å². The van der Waals surface area contributed by atoms with E-state index in [1.54, 1.807) is 24.1 Å². The molecule has 1 aromatic rings. The fourth-order valence-corrected chi connectivity index (χ4v) is 1.63. The van der Waals surface area contributed by atoms with Crippen LogP contribution in [-0.2, 0) is 0 Å². The third-order valence-corrected chi connectivity index (χ3v) is 2.92. The topological polar surface area (TPSA) is 75.5 Å². The molecule has 5 N–H and O–H groups in total. The van der Waals surface area contributed by atoms with E-state index in [0.29, 0.717) is 17.2 Å². The van der Waals surface area contributed by atoms with Gasteiger partial charge in [-0.2, -0.15) is 0 Å². The Hall–Kier alpha value is -1.42. The van der Waals surface area contributed by atoms with E-state index in [1.807, 2.05) is 13.8 Å². The van der Waals surface area contributed by atoms with Crippen molar-refractivity contribution in [1.82, 2.24) is 0 Å². The van der Waals surface area contributed by atoms with Crippen molar-refractivity contribution in [3.8, 4) is 5.75 Å². The highest BCUT2D eigenvalue weighted by atomic mass is 16.3. The molecule has 0 spiro atoms. The highest BCUT2D eigenvalue weighted by Gasteiger charge is 2.24. The third kappa shape index (κ3) is 3.27. The van der Waals surface area contributed by atoms with E-state index in [4.69, 9.17) is 11.6 Å². The van der Waals surface area contributed by atoms with Crippen LogP contribution < -0.4 is 16.6 Å². The van der Waals surface area contributed by atoms with E-state index in [2.05, 4.69) is 0 Å². The monoisotopic (exact) mass is 237 g/mol. The first-order valence-corrected chi connectivity index (χ1v) is 6.20. The molecule has 0 saturated heterocycles. The van der Waals surface area contributed by atoms with Crippen LogP contribution in [0.25, 0.3) is 0 Å². The molecule has 96 valence electrons. The van der Waals surface area contributed by atoms with E-state index in [-0.39, 0.29) is 5.75 Å². The smallest absolute Gasteiger partial charge is 0.120 e. The number of nitrogens with zero attached hydrogens (tertiary/aromatic N) is 1. The molecule has 4 nitrogen and oxygen atoms in total. The van der Waals surface area contributed by atoms with Crippen molar-refractivity contribution >= 4 is 11.4 Å². The van der Waals surface area contributed by atoms with Crippen molar-refractivity contribution in [2.45, 2.75) is 33.6 Å². The Balaban J connectivity index is 0.000000686. The van der Waals surface area contributed by atoms with Gasteiger partial charge in [-0.1, -0.05) is 13.8 Å². The minimum absolute atomic E-state index is 0.219. The van der Waals surface area contributed by atoms with Crippen LogP contribution >= 0.6 is 0 Å². The lowest BCUT2D eigenvalue weighted by molar-refractivity contribution is 0.471. The zero-order chi connectivity index (χ0) is 13.0. The first-order chi connectivity index (χ1) is 8.09. The highest BCUT2D eigenvalue weighted by Crippen LogP contribution is 2.34. The SMILES string of the molecule is CC.Cc1c(O)ccc(N(N)CC2CC2)c1N. The number of benzene rings is 1. The van der Waals surface area contributed by atoms with Crippen molar-refractivity contribution in [1.29, 1.82) is 0 Å². The lowest BCUT2D eigenvalue weighted by Crippen LogP contribution is -2.33. The highest BCUT2D eigenvalue weighted by molar-refractivity contribution is 5.73. The van der Waals surface area contributed by atoms with Gasteiger partial charge >= 0.3 is 0 Å². The quantitative estimate of drug-likeness (QED) is 0.428. The second kappa shape index (κ2) is 5.77. The maximum atomic E-state index is 9.46. The van der Waals surface area contributed by atoms with Gasteiger partial charge in [-0.3, -0.25) is 0 Å². The summed E-state index contributed by atoms with van der Waals surface area (Å²) in [6.07, 6.45) is 2.51. The summed E-state index contributed by atoms with van der Waals surface area (Å²) in [6, 6.07) is 3.40. The number of anilines is 2. The number of hydrogen-bond acceptors (Lipinski definition) is 4. The maximum absolute atomic E-state index is 9.46. The molecule has 1 fully saturated rings. The number of phenolic OH excluding ortho intramolecular Hbond substituents is 1. The van der Waals surface area contributed by atoms with Crippen LogP contribution in [0.2, 0.25) is 0 Å². The Bertz CT molecular complexity index is 375. The number of phenols is 1. The molecular formula is C13H23N3O. The van der Waals surface area contributed by atoms with E-state index in [0.717, 1.165) is 12.2 Å². The second-order valence-corrected chi connectivity index (χ2v) is 4.24. The summed E-state index contributed by atoms with van der Waals surface area (Å²) in [5, 5.41) is 11.1. The Labute approximate surface area is 103 Å². The van der Waals surface area contributed by atoms with Gasteiger partial charge in [-0.15, -0.1) is 0 Å². The molecule has 0 amide bonds. The lowest BCUT2D eigenvalue weighted by atomic mass is 10.1. The van der Waals surface area contributed by atoms with E-state index >= 15 is 0 Å². The molecule has 1 saturated carbocycles. The van der Waals surface area contributed by atoms with E-state index in [1.165, 1.54) is 12.8 Å². The zero-order valence-electron chi connectivity index (χ0n) is 10.9. The summed E-state index contributed by atoms with van der Waals surface area (Å²) < 4.78 is 0. The fraction of sp³-hybridized carbons (Fsp3) is 0.538. The van der Waals surface area contributed by atoms with Gasteiger partial charge in [-0.05, 0) is 37.8 Å². The maximum Gasteiger partial charge on any atom is 0.120 e. The van der Waals surface area contributed by atoms with Gasteiger partial charge in [0.15, 0.2) is 0 Å². The van der Waals surface area contributed by atoms with Crippen molar-refractivity contribution in [3.63, 3.8) is 0 Å². The van der Waals surface area contributed by atoms with Gasteiger partial charge in [0, 0.05) is 12.1 Å². The molecule has 4 heteroatoms. The number of nitrogens with two attached hydrogens (primary N) is 2. The van der Waals surface area contributed by atoms with E-state index < -0.39 is 0 Å². The molecule has 0 aliphatic heterocycles. The predicted molar refractivity (Wildman–Crippen MR) is 72.9 cm³/mol. The van der Waals surface area contributed by atoms with Gasteiger partial charge in [-0.25, -0.2) is 5.84 Å². The van der Waals surface area contributed by atoms with Crippen LogP contribution in [0, 0.1) is 12.8 Å². The van der Waals surface area contributed by atoms with Gasteiger partial charge in [0.1, 0.15) is 5.75 Å². The van der Waals surface area contributed by atoms with Crippen molar-refractivity contribution in [2.24, 2.45) is 11.8 Å². The number of rotatable bonds is 3. The number of hydrazine groups is 1. The zero-order valence-corrected chi connectivity index (χ0v) is 10.9. The van der Waals surface area contributed by atoms with Gasteiger partial charge in [0.2, 0.25) is 0 Å². The number of hydrogen-bond donors (Lipinski definition) is 3. The molecule has 1 aliphatic carbocycles. The summed E-state index contributed by atoms with van der Waals surface area (Å²) in [6.45, 7) is 6.63. The summed E-state index contributed by atoms with van der Waals surface area (Å²) in [5.74, 6) is 6.86. The first kappa shape index (κ1) is 13.6. The number of nitrogen functional groups attached to an aromatic ring is 1. The molecule has 0 heterocycles. The third-order valence-electron chi connectivity index (χ3n) is 2.92. The van der Waals surface area contributed by atoms with Crippen LogP contribution in [0.4, 0.5) is 11.4 Å². The van der Waals surface area contributed by atoms with Crippen LogP contribution in [0.5, 0.6) is 5.75 Å². The fourth-order valence-electron chi connectivity index (χ4n) is 1.63. The molecule has 0 unspecified atom stereocenters. The molecular weight excluding hydrogens is 214 g/mol. The van der Waals surface area contributed by atoms with Gasteiger partial charge < -0.3 is 15.8 Å². The Morgan fingerprint density at radius 1 is 1.35 bits per heavy atom. The molecule has 17 heavy (non-hydrogen) atoms. The molecule has 2 rings (SSSR count). The standard InChI is InChI=1S/C11H17N3O.C2H6/c1-7-10(15)5-4-9(11(7)12)14(13)6-8-2-3-8;1-2/h4-5,8,15H,2-3,6,12-13H2,1H3;1-2H3. The predicted octanol–water partition coefficient (Wildman–Crippen LogP) is 2.40. The summed E-state index contributed by atoms with van der Waals surface area (Å²) in [7, 11) is 0. The Morgan fingerprint density at radius 3 is 2.47 bits per heavy atom. The lowest BCUT2D eigenvalue weighted by Gasteiger charge is -2.21. The van der Waals surface area contributed by atoms with Crippen LogP contribution in [0.3, 0.4) is 0 Å². The molecule has 1 aromatic carbocycles. The molecule has 0 bridgehead atoms. The molecule has 0 radical (unpaired) electrons. The van der Waals surface area contributed by atoms with Crippen molar-refractivity contribution < 1.29 is 5.11 Å². The minimum Gasteiger partial charge on any atom is -0.508 e. The first-order valence-electron chi connectivity index (χ1n) is 6.20. The van der Waals surface area contributed by atoms with Gasteiger partial charge in [0.25, 0.3) is 0 Å². The average molecular weight is 237 g/mol. The molecule has 1 aliphatic rings. The molecule has 0 aromatic heterocycles. The summed E-state index contributed by atoms with van der Waals surface area (Å²) in [4.78, 5) is 0. The van der Waals surface area contributed by atoms with Crippen molar-refractivity contribution in [2.75, 3.05) is 17.3 Å². The summed E-state index contributed by atoms with van der Waals surface area (Å²) >= 11 is 0. The van der Waals surface area contributed by atoms with Crippen molar-refractivity contribution in [3.05, 3.63) is 17.7 Å². The number of aromatic hydroxyl groups is 1. The molecule has 0 atom stereocenters.